The van der Waals surface area contributed by atoms with Crippen molar-refractivity contribution in [2.24, 2.45) is 0 Å². The van der Waals surface area contributed by atoms with Crippen LogP contribution in [0.15, 0.2) is 30.3 Å². The molecule has 0 fully saturated rings. The molecule has 0 amide bonds. The maximum Gasteiger partial charge on any atom is 0.167 e. The van der Waals surface area contributed by atoms with Crippen LogP contribution < -0.4 is 14.2 Å². The summed E-state index contributed by atoms with van der Waals surface area (Å²) in [4.78, 5) is 12.6. The highest BCUT2D eigenvalue weighted by molar-refractivity contribution is 5.98. The topological polar surface area (TPSA) is 44.8 Å². The van der Waals surface area contributed by atoms with Gasteiger partial charge in [0.1, 0.15) is 17.2 Å². The van der Waals surface area contributed by atoms with Gasteiger partial charge in [0.15, 0.2) is 5.78 Å². The van der Waals surface area contributed by atoms with E-state index in [2.05, 4.69) is 0 Å². The van der Waals surface area contributed by atoms with E-state index in [1.807, 2.05) is 38.1 Å². The fraction of sp³-hybridized carbons (Fsp3) is 0.316. The summed E-state index contributed by atoms with van der Waals surface area (Å²) in [5.74, 6) is 2.22. The van der Waals surface area contributed by atoms with Gasteiger partial charge in [-0.05, 0) is 54.8 Å². The number of ketones is 1. The van der Waals surface area contributed by atoms with E-state index in [1.54, 1.807) is 27.4 Å². The molecule has 0 saturated heterocycles. The van der Waals surface area contributed by atoms with Crippen LogP contribution in [0.1, 0.15) is 27.0 Å². The first kappa shape index (κ1) is 16.9. The van der Waals surface area contributed by atoms with E-state index in [1.165, 1.54) is 0 Å². The zero-order chi connectivity index (χ0) is 17.0. The summed E-state index contributed by atoms with van der Waals surface area (Å²) in [6, 6.07) is 9.22. The number of aryl methyl sites for hydroxylation is 2. The Morgan fingerprint density at radius 2 is 1.35 bits per heavy atom. The minimum Gasteiger partial charge on any atom is -0.497 e. The van der Waals surface area contributed by atoms with Gasteiger partial charge in [-0.15, -0.1) is 0 Å². The van der Waals surface area contributed by atoms with Crippen LogP contribution >= 0.6 is 0 Å². The van der Waals surface area contributed by atoms with Gasteiger partial charge >= 0.3 is 0 Å². The Labute approximate surface area is 137 Å². The van der Waals surface area contributed by atoms with Crippen molar-refractivity contribution in [3.63, 3.8) is 0 Å². The third kappa shape index (κ3) is 3.83. The summed E-state index contributed by atoms with van der Waals surface area (Å²) in [6.07, 6.45) is 0.290. The Kier molecular flexibility index (Phi) is 5.27. The van der Waals surface area contributed by atoms with Gasteiger partial charge in [-0.2, -0.15) is 0 Å². The molecule has 0 radical (unpaired) electrons. The lowest BCUT2D eigenvalue weighted by Crippen LogP contribution is -2.06. The second kappa shape index (κ2) is 7.18. The molecule has 4 heteroatoms. The van der Waals surface area contributed by atoms with E-state index < -0.39 is 0 Å². The lowest BCUT2D eigenvalue weighted by Gasteiger charge is -2.11. The molecule has 0 aliphatic carbocycles. The third-order valence-electron chi connectivity index (χ3n) is 3.76. The predicted octanol–water partition coefficient (Wildman–Crippen LogP) is 3.75. The first-order chi connectivity index (χ1) is 11.0. The molecule has 0 bridgehead atoms. The molecule has 2 aromatic rings. The molecular weight excluding hydrogens is 292 g/mol. The fourth-order valence-electron chi connectivity index (χ4n) is 2.69. The molecule has 0 aliphatic rings. The van der Waals surface area contributed by atoms with Gasteiger partial charge in [0.05, 0.1) is 21.3 Å². The summed E-state index contributed by atoms with van der Waals surface area (Å²) in [5, 5.41) is 0. The van der Waals surface area contributed by atoms with Crippen LogP contribution in [0, 0.1) is 13.8 Å². The van der Waals surface area contributed by atoms with Crippen molar-refractivity contribution < 1.29 is 19.0 Å². The molecule has 0 heterocycles. The van der Waals surface area contributed by atoms with E-state index in [-0.39, 0.29) is 5.78 Å². The summed E-state index contributed by atoms with van der Waals surface area (Å²) in [5.41, 5.74) is 3.46. The maximum absolute atomic E-state index is 12.6. The molecule has 122 valence electrons. The van der Waals surface area contributed by atoms with Crippen LogP contribution in [0.25, 0.3) is 0 Å². The molecule has 0 saturated carbocycles. The number of hydrogen-bond acceptors (Lipinski definition) is 4. The highest BCUT2D eigenvalue weighted by Crippen LogP contribution is 2.26. The largest absolute Gasteiger partial charge is 0.497 e. The molecule has 23 heavy (non-hydrogen) atoms. The van der Waals surface area contributed by atoms with Gasteiger partial charge in [0, 0.05) is 18.1 Å². The van der Waals surface area contributed by atoms with Crippen LogP contribution in [0.2, 0.25) is 0 Å². The summed E-state index contributed by atoms with van der Waals surface area (Å²) in [6.45, 7) is 3.88. The lowest BCUT2D eigenvalue weighted by atomic mass is 9.98. The molecule has 0 atom stereocenters. The number of hydrogen-bond donors (Lipinski definition) is 0. The van der Waals surface area contributed by atoms with Crippen molar-refractivity contribution in [1.82, 2.24) is 0 Å². The van der Waals surface area contributed by atoms with Crippen LogP contribution in [-0.4, -0.2) is 27.1 Å². The lowest BCUT2D eigenvalue weighted by molar-refractivity contribution is 0.0992. The summed E-state index contributed by atoms with van der Waals surface area (Å²) >= 11 is 0. The van der Waals surface area contributed by atoms with Crippen molar-refractivity contribution in [2.45, 2.75) is 20.3 Å². The van der Waals surface area contributed by atoms with Crippen molar-refractivity contribution in [2.75, 3.05) is 21.3 Å². The Bertz CT molecular complexity index is 674. The number of ether oxygens (including phenoxy) is 3. The first-order valence-corrected chi connectivity index (χ1v) is 7.39. The zero-order valence-corrected chi connectivity index (χ0v) is 14.2. The van der Waals surface area contributed by atoms with Crippen LogP contribution in [0.4, 0.5) is 0 Å². The number of benzene rings is 2. The smallest absolute Gasteiger partial charge is 0.167 e. The Morgan fingerprint density at radius 1 is 0.826 bits per heavy atom. The highest BCUT2D eigenvalue weighted by Gasteiger charge is 2.13. The van der Waals surface area contributed by atoms with Gasteiger partial charge in [0.2, 0.25) is 0 Å². The molecule has 0 spiro atoms. The molecule has 0 N–H and O–H groups in total. The number of Topliss-reactive ketones (excluding diaryl/α,β-unsaturated/α-hetero) is 1. The second-order valence-electron chi connectivity index (χ2n) is 5.46. The molecule has 2 aromatic carbocycles. The molecule has 0 aliphatic heterocycles. The van der Waals surface area contributed by atoms with Gasteiger partial charge in [0.25, 0.3) is 0 Å². The number of carbonyl (C=O) groups excluding carboxylic acids is 1. The molecular formula is C19H22O4. The predicted molar refractivity (Wildman–Crippen MR) is 90.0 cm³/mol. The van der Waals surface area contributed by atoms with Crippen LogP contribution in [0.5, 0.6) is 17.2 Å². The summed E-state index contributed by atoms with van der Waals surface area (Å²) in [7, 11) is 4.83. The standard InChI is InChI=1S/C19H22O4/c1-12-6-15(7-13(2)19(12)23-5)18(20)10-14-8-16(21-3)11-17(9-14)22-4/h6-9,11H,10H2,1-5H3. The van der Waals surface area contributed by atoms with E-state index in [4.69, 9.17) is 14.2 Å². The normalized spacial score (nSPS) is 10.3. The Morgan fingerprint density at radius 3 is 1.78 bits per heavy atom. The van der Waals surface area contributed by atoms with Crippen LogP contribution in [0.3, 0.4) is 0 Å². The van der Waals surface area contributed by atoms with E-state index in [9.17, 15) is 4.79 Å². The van der Waals surface area contributed by atoms with Crippen molar-refractivity contribution >= 4 is 5.78 Å². The zero-order valence-electron chi connectivity index (χ0n) is 14.2. The van der Waals surface area contributed by atoms with Crippen molar-refractivity contribution in [1.29, 1.82) is 0 Å². The molecule has 0 unspecified atom stereocenters. The number of rotatable bonds is 6. The first-order valence-electron chi connectivity index (χ1n) is 7.39. The average Bonchev–Trinajstić information content (AvgIpc) is 2.54. The van der Waals surface area contributed by atoms with Gasteiger partial charge < -0.3 is 14.2 Å². The average molecular weight is 314 g/mol. The minimum absolute atomic E-state index is 0.0501. The highest BCUT2D eigenvalue weighted by atomic mass is 16.5. The van der Waals surface area contributed by atoms with E-state index in [0.29, 0.717) is 23.5 Å². The van der Waals surface area contributed by atoms with Crippen molar-refractivity contribution in [3.8, 4) is 17.2 Å². The minimum atomic E-state index is 0.0501. The second-order valence-corrected chi connectivity index (χ2v) is 5.46. The van der Waals surface area contributed by atoms with E-state index in [0.717, 1.165) is 22.4 Å². The van der Waals surface area contributed by atoms with E-state index >= 15 is 0 Å². The van der Waals surface area contributed by atoms with Crippen molar-refractivity contribution in [3.05, 3.63) is 52.6 Å². The maximum atomic E-state index is 12.6. The summed E-state index contributed by atoms with van der Waals surface area (Å²) < 4.78 is 15.8. The Balaban J connectivity index is 2.29. The number of methoxy groups -OCH3 is 3. The van der Waals surface area contributed by atoms with Gasteiger partial charge in [-0.1, -0.05) is 0 Å². The SMILES string of the molecule is COc1cc(CC(=O)c2cc(C)c(OC)c(C)c2)cc(OC)c1. The molecule has 2 rings (SSSR count). The van der Waals surface area contributed by atoms with Crippen LogP contribution in [-0.2, 0) is 6.42 Å². The van der Waals surface area contributed by atoms with Gasteiger partial charge in [-0.25, -0.2) is 0 Å². The van der Waals surface area contributed by atoms with Gasteiger partial charge in [-0.3, -0.25) is 4.79 Å². The monoisotopic (exact) mass is 314 g/mol. The third-order valence-corrected chi connectivity index (χ3v) is 3.76. The quantitative estimate of drug-likeness (QED) is 0.762. The Hall–Kier alpha value is -2.49. The molecule has 0 aromatic heterocycles. The molecule has 4 nitrogen and oxygen atoms in total. The number of carbonyl (C=O) groups is 1. The fourth-order valence-corrected chi connectivity index (χ4v) is 2.69.